The van der Waals surface area contributed by atoms with E-state index in [0.29, 0.717) is 45.1 Å². The highest BCUT2D eigenvalue weighted by Gasteiger charge is 2.09. The van der Waals surface area contributed by atoms with E-state index in [2.05, 4.69) is 16.0 Å². The lowest BCUT2D eigenvalue weighted by Gasteiger charge is -2.14. The second-order valence-electron chi connectivity index (χ2n) is 5.59. The van der Waals surface area contributed by atoms with E-state index >= 15 is 0 Å². The van der Waals surface area contributed by atoms with Gasteiger partial charge in [-0.1, -0.05) is 0 Å². The standard InChI is InChI=1S/C15H28N4O4/c1-11(6-5-9-17-15(16)23)19-14(22)10-18-13(21)8-4-3-7-12(2)20/h11H,3-10H2,1-2H3,(H,18,21)(H,19,22)(H3,16,17,23)/t11-/m1/s1. The normalized spacial score (nSPS) is 11.4. The van der Waals surface area contributed by atoms with Crippen LogP contribution in [0.15, 0.2) is 0 Å². The molecule has 0 unspecified atom stereocenters. The molecule has 4 amide bonds. The molecule has 0 fully saturated rings. The van der Waals surface area contributed by atoms with Crippen molar-refractivity contribution in [2.24, 2.45) is 5.73 Å². The maximum absolute atomic E-state index is 11.7. The number of carbonyl (C=O) groups excluding carboxylic acids is 4. The van der Waals surface area contributed by atoms with Crippen molar-refractivity contribution in [2.75, 3.05) is 13.1 Å². The first kappa shape index (κ1) is 20.9. The van der Waals surface area contributed by atoms with E-state index in [-0.39, 0.29) is 30.2 Å². The van der Waals surface area contributed by atoms with Gasteiger partial charge in [-0.25, -0.2) is 4.79 Å². The van der Waals surface area contributed by atoms with Gasteiger partial charge in [-0.2, -0.15) is 0 Å². The van der Waals surface area contributed by atoms with Crippen LogP contribution >= 0.6 is 0 Å². The van der Waals surface area contributed by atoms with Crippen molar-refractivity contribution in [1.29, 1.82) is 0 Å². The summed E-state index contributed by atoms with van der Waals surface area (Å²) in [6.45, 7) is 3.78. The third-order valence-corrected chi connectivity index (χ3v) is 3.15. The average Bonchev–Trinajstić information content (AvgIpc) is 2.45. The van der Waals surface area contributed by atoms with Crippen molar-refractivity contribution in [3.63, 3.8) is 0 Å². The third kappa shape index (κ3) is 14.6. The number of carbonyl (C=O) groups is 4. The molecule has 0 aromatic rings. The van der Waals surface area contributed by atoms with Crippen molar-refractivity contribution in [2.45, 2.75) is 58.4 Å². The van der Waals surface area contributed by atoms with Gasteiger partial charge >= 0.3 is 6.03 Å². The molecule has 5 N–H and O–H groups in total. The Morgan fingerprint density at radius 1 is 0.957 bits per heavy atom. The van der Waals surface area contributed by atoms with E-state index in [9.17, 15) is 19.2 Å². The number of hydrogen-bond donors (Lipinski definition) is 4. The quantitative estimate of drug-likeness (QED) is 0.381. The molecule has 1 atom stereocenters. The number of nitrogens with one attached hydrogen (secondary N) is 3. The fourth-order valence-electron chi connectivity index (χ4n) is 1.94. The van der Waals surface area contributed by atoms with Crippen LogP contribution in [0.1, 0.15) is 52.4 Å². The van der Waals surface area contributed by atoms with Crippen LogP contribution in [-0.4, -0.2) is 42.8 Å². The third-order valence-electron chi connectivity index (χ3n) is 3.15. The number of nitrogens with two attached hydrogens (primary N) is 1. The molecule has 8 heteroatoms. The number of urea groups is 1. The Balaban J connectivity index is 3.66. The number of hydrogen-bond acceptors (Lipinski definition) is 4. The van der Waals surface area contributed by atoms with Gasteiger partial charge in [0.25, 0.3) is 0 Å². The van der Waals surface area contributed by atoms with Crippen LogP contribution in [0.25, 0.3) is 0 Å². The van der Waals surface area contributed by atoms with Crippen molar-refractivity contribution >= 4 is 23.6 Å². The predicted molar refractivity (Wildman–Crippen MR) is 86.6 cm³/mol. The van der Waals surface area contributed by atoms with Gasteiger partial charge in [0.05, 0.1) is 6.54 Å². The lowest BCUT2D eigenvalue weighted by Crippen LogP contribution is -2.41. The Morgan fingerprint density at radius 2 is 1.61 bits per heavy atom. The predicted octanol–water partition coefficient (Wildman–Crippen LogP) is 0.205. The smallest absolute Gasteiger partial charge is 0.312 e. The summed E-state index contributed by atoms with van der Waals surface area (Å²) < 4.78 is 0. The zero-order chi connectivity index (χ0) is 17.7. The number of ketones is 1. The minimum absolute atomic E-state index is 0.0513. The lowest BCUT2D eigenvalue weighted by molar-refractivity contribution is -0.126. The largest absolute Gasteiger partial charge is 0.352 e. The van der Waals surface area contributed by atoms with Gasteiger partial charge in [0.15, 0.2) is 0 Å². The van der Waals surface area contributed by atoms with Crippen molar-refractivity contribution in [3.8, 4) is 0 Å². The summed E-state index contributed by atoms with van der Waals surface area (Å²) in [5.74, 6) is -0.329. The summed E-state index contributed by atoms with van der Waals surface area (Å²) in [7, 11) is 0. The Kier molecular flexibility index (Phi) is 11.3. The van der Waals surface area contributed by atoms with Crippen LogP contribution in [0.3, 0.4) is 0 Å². The van der Waals surface area contributed by atoms with Crippen molar-refractivity contribution in [1.82, 2.24) is 16.0 Å². The fraction of sp³-hybridized carbons (Fsp3) is 0.733. The Morgan fingerprint density at radius 3 is 2.22 bits per heavy atom. The molecule has 0 bridgehead atoms. The van der Waals surface area contributed by atoms with Crippen molar-refractivity contribution in [3.05, 3.63) is 0 Å². The van der Waals surface area contributed by atoms with Gasteiger partial charge in [0, 0.05) is 25.4 Å². The van der Waals surface area contributed by atoms with E-state index < -0.39 is 6.03 Å². The van der Waals surface area contributed by atoms with Gasteiger partial charge in [-0.05, 0) is 39.5 Å². The van der Waals surface area contributed by atoms with Gasteiger partial charge in [0.1, 0.15) is 5.78 Å². The summed E-state index contributed by atoms with van der Waals surface area (Å²) in [6.07, 6.45) is 3.52. The highest BCUT2D eigenvalue weighted by Crippen LogP contribution is 2.00. The van der Waals surface area contributed by atoms with Gasteiger partial charge in [-0.15, -0.1) is 0 Å². The molecule has 0 saturated heterocycles. The first-order valence-electron chi connectivity index (χ1n) is 7.90. The number of primary amides is 1. The minimum atomic E-state index is -0.562. The Labute approximate surface area is 136 Å². The van der Waals surface area contributed by atoms with Gasteiger partial charge in [0.2, 0.25) is 11.8 Å². The molecule has 23 heavy (non-hydrogen) atoms. The van der Waals surface area contributed by atoms with Crippen LogP contribution in [0, 0.1) is 0 Å². The molecule has 0 rings (SSSR count). The average molecular weight is 328 g/mol. The molecule has 132 valence electrons. The highest BCUT2D eigenvalue weighted by molar-refractivity contribution is 5.84. The van der Waals surface area contributed by atoms with Crippen LogP contribution in [0.2, 0.25) is 0 Å². The van der Waals surface area contributed by atoms with E-state index in [1.165, 1.54) is 6.92 Å². The molecule has 0 aliphatic rings. The maximum atomic E-state index is 11.7. The first-order chi connectivity index (χ1) is 10.8. The number of unbranched alkanes of at least 4 members (excludes halogenated alkanes) is 1. The summed E-state index contributed by atoms with van der Waals surface area (Å²) in [5.41, 5.74) is 4.94. The summed E-state index contributed by atoms with van der Waals surface area (Å²) in [4.78, 5) is 44.4. The monoisotopic (exact) mass is 328 g/mol. The van der Waals surface area contributed by atoms with Crippen LogP contribution in [-0.2, 0) is 14.4 Å². The highest BCUT2D eigenvalue weighted by atomic mass is 16.2. The van der Waals surface area contributed by atoms with E-state index in [4.69, 9.17) is 5.73 Å². The lowest BCUT2D eigenvalue weighted by atomic mass is 10.1. The number of amides is 4. The van der Waals surface area contributed by atoms with E-state index in [1.54, 1.807) is 0 Å². The molecule has 0 aromatic heterocycles. The van der Waals surface area contributed by atoms with Crippen LogP contribution in [0.5, 0.6) is 0 Å². The van der Waals surface area contributed by atoms with Crippen molar-refractivity contribution < 1.29 is 19.2 Å². The Hall–Kier alpha value is -2.12. The summed E-state index contributed by atoms with van der Waals surface area (Å²) in [6, 6.07) is -0.614. The van der Waals surface area contributed by atoms with Crippen LogP contribution in [0.4, 0.5) is 4.79 Å². The SMILES string of the molecule is CC(=O)CCCCC(=O)NCC(=O)N[C@H](C)CCCNC(N)=O. The molecule has 0 aliphatic carbocycles. The topological polar surface area (TPSA) is 130 Å². The second-order valence-corrected chi connectivity index (χ2v) is 5.59. The van der Waals surface area contributed by atoms with Gasteiger partial charge < -0.3 is 26.5 Å². The zero-order valence-corrected chi connectivity index (χ0v) is 13.9. The molecular weight excluding hydrogens is 300 g/mol. The van der Waals surface area contributed by atoms with E-state index in [1.807, 2.05) is 6.92 Å². The second kappa shape index (κ2) is 12.4. The summed E-state index contributed by atoms with van der Waals surface area (Å²) >= 11 is 0. The molecule has 0 aliphatic heterocycles. The molecule has 8 nitrogen and oxygen atoms in total. The van der Waals surface area contributed by atoms with Gasteiger partial charge in [-0.3, -0.25) is 9.59 Å². The molecule has 0 aromatic carbocycles. The molecular formula is C15H28N4O4. The summed E-state index contributed by atoms with van der Waals surface area (Å²) in [5, 5.41) is 7.79. The number of Topliss-reactive ketones (excluding diaryl/α,β-unsaturated/α-hetero) is 1. The number of rotatable bonds is 12. The fourth-order valence-corrected chi connectivity index (χ4v) is 1.94. The van der Waals surface area contributed by atoms with Crippen LogP contribution < -0.4 is 21.7 Å². The molecule has 0 radical (unpaired) electrons. The minimum Gasteiger partial charge on any atom is -0.352 e. The molecule has 0 spiro atoms. The Bertz CT molecular complexity index is 412. The zero-order valence-electron chi connectivity index (χ0n) is 13.9. The maximum Gasteiger partial charge on any atom is 0.312 e. The molecule has 0 saturated carbocycles. The van der Waals surface area contributed by atoms with E-state index in [0.717, 1.165) is 0 Å². The first-order valence-corrected chi connectivity index (χ1v) is 7.90. The molecule has 0 heterocycles.